The molecule has 0 aliphatic carbocycles. The normalized spacial score (nSPS) is 11.4. The molecule has 8 heteroatoms. The predicted molar refractivity (Wildman–Crippen MR) is 126 cm³/mol. The summed E-state index contributed by atoms with van der Waals surface area (Å²) in [6.45, 7) is 1.47. The van der Waals surface area contributed by atoms with E-state index in [1.807, 2.05) is 71.3 Å². The van der Waals surface area contributed by atoms with Crippen LogP contribution in [0.1, 0.15) is 6.92 Å². The average Bonchev–Trinajstić information content (AvgIpc) is 3.21. The van der Waals surface area contributed by atoms with Gasteiger partial charge in [-0.15, -0.1) is 10.2 Å². The summed E-state index contributed by atoms with van der Waals surface area (Å²) < 4.78 is 1.91. The van der Waals surface area contributed by atoms with Crippen molar-refractivity contribution in [2.75, 3.05) is 5.43 Å². The highest BCUT2D eigenvalue weighted by Crippen LogP contribution is 2.29. The first-order valence-corrected chi connectivity index (χ1v) is 10.7. The summed E-state index contributed by atoms with van der Waals surface area (Å²) in [6, 6.07) is 26.7. The number of nitrogens with one attached hydrogen (secondary N) is 1. The number of rotatable bonds is 6. The molecule has 6 nitrogen and oxygen atoms in total. The lowest BCUT2D eigenvalue weighted by molar-refractivity contribution is -0.110. The van der Waals surface area contributed by atoms with Gasteiger partial charge in [0.15, 0.2) is 16.7 Å². The number of aromatic nitrogens is 3. The molecule has 31 heavy (non-hydrogen) atoms. The second-order valence-corrected chi connectivity index (χ2v) is 7.93. The molecule has 0 aliphatic rings. The van der Waals surface area contributed by atoms with Crippen molar-refractivity contribution in [3.8, 4) is 17.1 Å². The van der Waals surface area contributed by atoms with Crippen LogP contribution in [0.3, 0.4) is 0 Å². The van der Waals surface area contributed by atoms with Crippen LogP contribution >= 0.6 is 23.4 Å². The number of hydrazone groups is 1. The fourth-order valence-corrected chi connectivity index (χ4v) is 3.82. The van der Waals surface area contributed by atoms with Crippen molar-refractivity contribution in [2.24, 2.45) is 5.10 Å². The molecule has 0 bridgehead atoms. The minimum Gasteiger partial charge on any atom is -0.292 e. The van der Waals surface area contributed by atoms with Gasteiger partial charge in [0.2, 0.25) is 5.16 Å². The number of hydrogen-bond donors (Lipinski definition) is 1. The molecule has 4 rings (SSSR count). The number of nitrogens with zero attached hydrogens (tertiary/aromatic N) is 4. The summed E-state index contributed by atoms with van der Waals surface area (Å²) in [6.07, 6.45) is 0. The van der Waals surface area contributed by atoms with E-state index in [1.54, 1.807) is 18.2 Å². The number of thioether (sulfide) groups is 1. The topological polar surface area (TPSA) is 72.2 Å². The highest BCUT2D eigenvalue weighted by molar-refractivity contribution is 8.15. The summed E-state index contributed by atoms with van der Waals surface area (Å²) in [5, 5.41) is 14.4. The SMILES string of the molecule is CC(=O)/C(=N/Nc1cccc(Cl)c1)Sc1nnc(-c2ccccc2)n1-c1ccccc1. The largest absolute Gasteiger partial charge is 0.292 e. The molecule has 0 saturated heterocycles. The van der Waals surface area contributed by atoms with Crippen LogP contribution in [0.5, 0.6) is 0 Å². The molecule has 0 fully saturated rings. The van der Waals surface area contributed by atoms with Gasteiger partial charge in [0.25, 0.3) is 0 Å². The Balaban J connectivity index is 1.72. The fourth-order valence-electron chi connectivity index (χ4n) is 2.85. The molecular weight excluding hydrogens is 430 g/mol. The molecule has 0 atom stereocenters. The number of ketones is 1. The van der Waals surface area contributed by atoms with Crippen LogP contribution in [0.25, 0.3) is 17.1 Å². The van der Waals surface area contributed by atoms with E-state index >= 15 is 0 Å². The van der Waals surface area contributed by atoms with Gasteiger partial charge < -0.3 is 0 Å². The van der Waals surface area contributed by atoms with Crippen LogP contribution in [-0.2, 0) is 4.79 Å². The van der Waals surface area contributed by atoms with E-state index in [1.165, 1.54) is 6.92 Å². The van der Waals surface area contributed by atoms with Crippen LogP contribution in [0.15, 0.2) is 95.2 Å². The molecule has 1 heterocycles. The Bertz CT molecular complexity index is 1230. The van der Waals surface area contributed by atoms with Crippen LogP contribution < -0.4 is 5.43 Å². The smallest absolute Gasteiger partial charge is 0.202 e. The van der Waals surface area contributed by atoms with E-state index in [0.717, 1.165) is 23.0 Å². The van der Waals surface area contributed by atoms with Gasteiger partial charge in [-0.05, 0) is 42.1 Å². The summed E-state index contributed by atoms with van der Waals surface area (Å²) in [5.74, 6) is 0.489. The van der Waals surface area contributed by atoms with E-state index in [-0.39, 0.29) is 10.8 Å². The first-order chi connectivity index (χ1) is 15.1. The van der Waals surface area contributed by atoms with Crippen molar-refractivity contribution in [3.63, 3.8) is 0 Å². The zero-order chi connectivity index (χ0) is 21.6. The Hall–Kier alpha value is -3.42. The number of para-hydroxylation sites is 1. The number of Topliss-reactive ketones (excluding diaryl/α,β-unsaturated/α-hetero) is 1. The lowest BCUT2D eigenvalue weighted by atomic mass is 10.2. The number of carbonyl (C=O) groups is 1. The van der Waals surface area contributed by atoms with E-state index in [2.05, 4.69) is 20.7 Å². The lowest BCUT2D eigenvalue weighted by Crippen LogP contribution is -2.10. The van der Waals surface area contributed by atoms with Crippen molar-refractivity contribution >= 4 is 39.9 Å². The van der Waals surface area contributed by atoms with Gasteiger partial charge in [-0.25, -0.2) is 0 Å². The second kappa shape index (κ2) is 9.59. The number of benzene rings is 3. The van der Waals surface area contributed by atoms with Crippen LogP contribution in [0, 0.1) is 0 Å². The second-order valence-electron chi connectivity index (χ2n) is 6.54. The zero-order valence-electron chi connectivity index (χ0n) is 16.6. The summed E-state index contributed by atoms with van der Waals surface area (Å²) in [7, 11) is 0. The highest BCUT2D eigenvalue weighted by Gasteiger charge is 2.20. The Morgan fingerprint density at radius 2 is 1.68 bits per heavy atom. The van der Waals surface area contributed by atoms with Gasteiger partial charge in [0.1, 0.15) is 0 Å². The van der Waals surface area contributed by atoms with Crippen molar-refractivity contribution in [1.29, 1.82) is 0 Å². The van der Waals surface area contributed by atoms with Crippen LogP contribution in [0.4, 0.5) is 5.69 Å². The van der Waals surface area contributed by atoms with Crippen LogP contribution in [-0.4, -0.2) is 25.6 Å². The standard InChI is InChI=1S/C23H18ClN5OS/c1-16(30)22(27-25-19-12-8-11-18(24)15-19)31-23-28-26-21(17-9-4-2-5-10-17)29(23)20-13-6-3-7-14-20/h2-15,25H,1H3/b27-22-. The van der Waals surface area contributed by atoms with E-state index < -0.39 is 0 Å². The average molecular weight is 448 g/mol. The Kier molecular flexibility index (Phi) is 6.45. The Labute approximate surface area is 189 Å². The lowest BCUT2D eigenvalue weighted by Gasteiger charge is -2.10. The molecule has 4 aromatic rings. The third-order valence-electron chi connectivity index (χ3n) is 4.28. The molecule has 0 saturated carbocycles. The highest BCUT2D eigenvalue weighted by atomic mass is 35.5. The van der Waals surface area contributed by atoms with Crippen molar-refractivity contribution in [3.05, 3.63) is 90.0 Å². The van der Waals surface area contributed by atoms with Gasteiger partial charge in [-0.3, -0.25) is 14.8 Å². The summed E-state index contributed by atoms with van der Waals surface area (Å²) in [4.78, 5) is 12.3. The monoisotopic (exact) mass is 447 g/mol. The third-order valence-corrected chi connectivity index (χ3v) is 5.53. The van der Waals surface area contributed by atoms with E-state index in [9.17, 15) is 4.79 Å². The van der Waals surface area contributed by atoms with Crippen molar-refractivity contribution in [2.45, 2.75) is 12.1 Å². The summed E-state index contributed by atoms with van der Waals surface area (Å²) >= 11 is 7.17. The number of halogens is 1. The quantitative estimate of drug-likeness (QED) is 0.178. The molecule has 1 aromatic heterocycles. The predicted octanol–water partition coefficient (Wildman–Crippen LogP) is 5.69. The number of anilines is 1. The molecule has 0 unspecified atom stereocenters. The molecule has 154 valence electrons. The Morgan fingerprint density at radius 3 is 2.35 bits per heavy atom. The number of hydrogen-bond acceptors (Lipinski definition) is 6. The Morgan fingerprint density at radius 1 is 0.968 bits per heavy atom. The first-order valence-electron chi connectivity index (χ1n) is 9.46. The summed E-state index contributed by atoms with van der Waals surface area (Å²) in [5.41, 5.74) is 5.38. The van der Waals surface area contributed by atoms with Gasteiger partial charge in [0.05, 0.1) is 5.69 Å². The minimum atomic E-state index is -0.191. The van der Waals surface area contributed by atoms with Gasteiger partial charge in [0, 0.05) is 23.2 Å². The maximum absolute atomic E-state index is 12.3. The molecule has 0 amide bonds. The molecule has 0 radical (unpaired) electrons. The number of carbonyl (C=O) groups excluding carboxylic acids is 1. The van der Waals surface area contributed by atoms with Crippen LogP contribution in [0.2, 0.25) is 5.02 Å². The van der Waals surface area contributed by atoms with Gasteiger partial charge in [-0.2, -0.15) is 5.10 Å². The minimum absolute atomic E-state index is 0.191. The van der Waals surface area contributed by atoms with E-state index in [0.29, 0.717) is 21.7 Å². The van der Waals surface area contributed by atoms with Crippen molar-refractivity contribution < 1.29 is 4.79 Å². The zero-order valence-corrected chi connectivity index (χ0v) is 18.1. The fraction of sp³-hybridized carbons (Fsp3) is 0.0435. The maximum atomic E-state index is 12.3. The molecule has 0 aliphatic heterocycles. The maximum Gasteiger partial charge on any atom is 0.202 e. The molecule has 0 spiro atoms. The molecule has 3 aromatic carbocycles. The third kappa shape index (κ3) is 5.02. The van der Waals surface area contributed by atoms with Crippen molar-refractivity contribution in [1.82, 2.24) is 14.8 Å². The van der Waals surface area contributed by atoms with Gasteiger partial charge in [-0.1, -0.05) is 66.2 Å². The molecular formula is C23H18ClN5OS. The molecule has 1 N–H and O–H groups in total. The van der Waals surface area contributed by atoms with E-state index in [4.69, 9.17) is 11.6 Å². The first kappa shape index (κ1) is 20.8. The van der Waals surface area contributed by atoms with Gasteiger partial charge >= 0.3 is 0 Å².